The van der Waals surface area contributed by atoms with Crippen LogP contribution < -0.4 is 0 Å². The van der Waals surface area contributed by atoms with Gasteiger partial charge in [0.2, 0.25) is 0 Å². The molecule has 14 heavy (non-hydrogen) atoms. The molecule has 0 fully saturated rings. The van der Waals surface area contributed by atoms with E-state index >= 15 is 0 Å². The van der Waals surface area contributed by atoms with Gasteiger partial charge in [0.05, 0.1) is 6.20 Å². The number of nitrogens with zero attached hydrogens (tertiary/aromatic N) is 2. The van der Waals surface area contributed by atoms with E-state index in [1.54, 1.807) is 16.8 Å². The molecule has 0 aliphatic rings. The van der Waals surface area contributed by atoms with Gasteiger partial charge in [-0.15, -0.1) is 0 Å². The van der Waals surface area contributed by atoms with E-state index in [2.05, 4.69) is 0 Å². The first-order valence-electron chi connectivity index (χ1n) is 4.16. The largest absolute Gasteiger partial charge is 0.358 e. The number of para-hydroxylation sites is 1. The molecule has 2 aromatic rings. The summed E-state index contributed by atoms with van der Waals surface area (Å²) >= 11 is 0. The van der Waals surface area contributed by atoms with Gasteiger partial charge >= 0.3 is 5.82 Å². The molecule has 70 valence electrons. The molecule has 0 atom stereocenters. The molecule has 0 saturated carbocycles. The molecule has 0 aliphatic heterocycles. The van der Waals surface area contributed by atoms with Crippen molar-refractivity contribution < 1.29 is 4.92 Å². The summed E-state index contributed by atoms with van der Waals surface area (Å²) in [4.78, 5) is 10.2. The van der Waals surface area contributed by atoms with Crippen molar-refractivity contribution >= 4 is 5.82 Å². The van der Waals surface area contributed by atoms with Gasteiger partial charge in [0.15, 0.2) is 0 Å². The van der Waals surface area contributed by atoms with Gasteiger partial charge in [0.25, 0.3) is 0 Å². The third-order valence-corrected chi connectivity index (χ3v) is 1.95. The Hall–Kier alpha value is -2.10. The quantitative estimate of drug-likeness (QED) is 0.536. The van der Waals surface area contributed by atoms with E-state index in [9.17, 15) is 10.1 Å². The van der Waals surface area contributed by atoms with Gasteiger partial charge in [-0.2, -0.15) is 4.57 Å². The molecule has 1 heterocycles. The second-order valence-corrected chi connectivity index (χ2v) is 2.83. The van der Waals surface area contributed by atoms with E-state index in [1.807, 2.05) is 30.3 Å². The zero-order valence-corrected chi connectivity index (χ0v) is 7.33. The maximum Gasteiger partial charge on any atom is 0.328 e. The molecule has 0 amide bonds. The highest BCUT2D eigenvalue weighted by molar-refractivity contribution is 5.39. The van der Waals surface area contributed by atoms with Crippen LogP contribution in [0.15, 0.2) is 48.7 Å². The number of aromatic nitrogens is 1. The predicted octanol–water partition coefficient (Wildman–Crippen LogP) is 2.39. The van der Waals surface area contributed by atoms with Gasteiger partial charge in [0, 0.05) is 6.07 Å². The molecular weight excluding hydrogens is 180 g/mol. The molecule has 0 saturated heterocycles. The molecule has 4 heteroatoms. The fourth-order valence-corrected chi connectivity index (χ4v) is 1.33. The highest BCUT2D eigenvalue weighted by Crippen LogP contribution is 2.18. The van der Waals surface area contributed by atoms with E-state index in [1.165, 1.54) is 6.07 Å². The minimum Gasteiger partial charge on any atom is -0.358 e. The summed E-state index contributed by atoms with van der Waals surface area (Å²) in [7, 11) is 0. The summed E-state index contributed by atoms with van der Waals surface area (Å²) in [6, 6.07) is 12.4. The number of hydrogen-bond acceptors (Lipinski definition) is 2. The first kappa shape index (κ1) is 8.50. The summed E-state index contributed by atoms with van der Waals surface area (Å²) in [5.41, 5.74) is 0.796. The number of benzene rings is 1. The van der Waals surface area contributed by atoms with Crippen LogP contribution in [0, 0.1) is 10.1 Å². The van der Waals surface area contributed by atoms with E-state index in [4.69, 9.17) is 0 Å². The van der Waals surface area contributed by atoms with Crippen molar-refractivity contribution in [1.29, 1.82) is 0 Å². The van der Waals surface area contributed by atoms with Crippen molar-refractivity contribution in [2.24, 2.45) is 0 Å². The summed E-state index contributed by atoms with van der Waals surface area (Å²) < 4.78 is 1.54. The Bertz CT molecular complexity index is 448. The summed E-state index contributed by atoms with van der Waals surface area (Å²) in [6.07, 6.45) is 1.67. The third-order valence-electron chi connectivity index (χ3n) is 1.95. The number of rotatable bonds is 2. The molecule has 0 N–H and O–H groups in total. The second-order valence-electron chi connectivity index (χ2n) is 2.83. The lowest BCUT2D eigenvalue weighted by atomic mass is 10.3. The maximum atomic E-state index is 10.6. The fraction of sp³-hybridized carbons (Fsp3) is 0. The van der Waals surface area contributed by atoms with E-state index in [-0.39, 0.29) is 5.82 Å². The smallest absolute Gasteiger partial charge is 0.328 e. The van der Waals surface area contributed by atoms with Crippen LogP contribution in [0.3, 0.4) is 0 Å². The lowest BCUT2D eigenvalue weighted by molar-refractivity contribution is -0.390. The van der Waals surface area contributed by atoms with Crippen LogP contribution in [-0.4, -0.2) is 9.49 Å². The minimum absolute atomic E-state index is 0.0798. The summed E-state index contributed by atoms with van der Waals surface area (Å²) in [5, 5.41) is 10.6. The average Bonchev–Trinajstić information content (AvgIpc) is 2.67. The monoisotopic (exact) mass is 188 g/mol. The van der Waals surface area contributed by atoms with Crippen molar-refractivity contribution in [1.82, 2.24) is 4.57 Å². The van der Waals surface area contributed by atoms with Crippen molar-refractivity contribution in [3.8, 4) is 5.69 Å². The molecule has 2 rings (SSSR count). The molecule has 0 radical (unpaired) electrons. The van der Waals surface area contributed by atoms with Crippen LogP contribution in [0.1, 0.15) is 0 Å². The molecule has 4 nitrogen and oxygen atoms in total. The molecule has 0 spiro atoms. The molecule has 1 aromatic carbocycles. The lowest BCUT2D eigenvalue weighted by Crippen LogP contribution is -1.98. The van der Waals surface area contributed by atoms with Gasteiger partial charge in [-0.3, -0.25) is 0 Å². The van der Waals surface area contributed by atoms with E-state index < -0.39 is 4.92 Å². The standard InChI is InChI=1S/C10H8N2O2/c13-12(14)10-7-4-8-11(10)9-5-2-1-3-6-9/h1-8H. The van der Waals surface area contributed by atoms with Crippen LogP contribution in [0.5, 0.6) is 0 Å². The molecular formula is C10H8N2O2. The van der Waals surface area contributed by atoms with Gasteiger partial charge in [-0.1, -0.05) is 18.2 Å². The Labute approximate surface area is 80.6 Å². The van der Waals surface area contributed by atoms with Crippen LogP contribution in [-0.2, 0) is 0 Å². The zero-order valence-electron chi connectivity index (χ0n) is 7.33. The van der Waals surface area contributed by atoms with Crippen LogP contribution in [0.4, 0.5) is 5.82 Å². The molecule has 1 aromatic heterocycles. The van der Waals surface area contributed by atoms with Gasteiger partial charge in [-0.25, -0.2) is 0 Å². The highest BCUT2D eigenvalue weighted by Gasteiger charge is 2.12. The summed E-state index contributed by atoms with van der Waals surface area (Å²) in [6.45, 7) is 0. The molecule has 0 aliphatic carbocycles. The Morgan fingerprint density at radius 1 is 1.07 bits per heavy atom. The first-order valence-corrected chi connectivity index (χ1v) is 4.16. The Balaban J connectivity index is 2.52. The number of nitro groups is 1. The normalized spacial score (nSPS) is 10.0. The predicted molar refractivity (Wildman–Crippen MR) is 52.4 cm³/mol. The van der Waals surface area contributed by atoms with Crippen molar-refractivity contribution in [2.45, 2.75) is 0 Å². The Kier molecular flexibility index (Phi) is 2.02. The lowest BCUT2D eigenvalue weighted by Gasteiger charge is -1.99. The van der Waals surface area contributed by atoms with Crippen LogP contribution >= 0.6 is 0 Å². The van der Waals surface area contributed by atoms with Crippen LogP contribution in [0.25, 0.3) is 5.69 Å². The second kappa shape index (κ2) is 3.33. The Morgan fingerprint density at radius 2 is 1.79 bits per heavy atom. The fourth-order valence-electron chi connectivity index (χ4n) is 1.33. The van der Waals surface area contributed by atoms with Crippen molar-refractivity contribution in [2.75, 3.05) is 0 Å². The topological polar surface area (TPSA) is 48.1 Å². The summed E-state index contributed by atoms with van der Waals surface area (Å²) in [5.74, 6) is 0.0798. The minimum atomic E-state index is -0.396. The van der Waals surface area contributed by atoms with Gasteiger partial charge in [0.1, 0.15) is 5.69 Å². The van der Waals surface area contributed by atoms with Crippen molar-refractivity contribution in [3.05, 3.63) is 58.8 Å². The number of hydrogen-bond donors (Lipinski definition) is 0. The average molecular weight is 188 g/mol. The van der Waals surface area contributed by atoms with Crippen molar-refractivity contribution in [3.63, 3.8) is 0 Å². The SMILES string of the molecule is O=[N+]([O-])c1cccn1-c1ccccc1. The van der Waals surface area contributed by atoms with Crippen LogP contribution in [0.2, 0.25) is 0 Å². The van der Waals surface area contributed by atoms with E-state index in [0.717, 1.165) is 5.69 Å². The maximum absolute atomic E-state index is 10.6. The highest BCUT2D eigenvalue weighted by atomic mass is 16.6. The van der Waals surface area contributed by atoms with Gasteiger partial charge in [-0.05, 0) is 23.1 Å². The molecule has 0 unspecified atom stereocenters. The molecule has 0 bridgehead atoms. The first-order chi connectivity index (χ1) is 6.79. The Morgan fingerprint density at radius 3 is 2.43 bits per heavy atom. The zero-order chi connectivity index (χ0) is 9.97. The van der Waals surface area contributed by atoms with E-state index in [0.29, 0.717) is 0 Å². The third kappa shape index (κ3) is 1.37. The van der Waals surface area contributed by atoms with Gasteiger partial charge < -0.3 is 10.1 Å².